The summed E-state index contributed by atoms with van der Waals surface area (Å²) in [6, 6.07) is 5.16. The van der Waals surface area contributed by atoms with Crippen LogP contribution in [0.5, 0.6) is 28.7 Å². The Morgan fingerprint density at radius 1 is 0.737 bits per heavy atom. The van der Waals surface area contributed by atoms with E-state index in [4.69, 9.17) is 10.2 Å². The van der Waals surface area contributed by atoms with Crippen LogP contribution in [-0.2, 0) is 0 Å². The fourth-order valence-corrected chi connectivity index (χ4v) is 1.64. The Morgan fingerprint density at radius 3 is 1.84 bits per heavy atom. The monoisotopic (exact) mass is 262 g/mol. The maximum atomic E-state index is 12.1. The molecule has 5 N–H and O–H groups in total. The molecule has 0 amide bonds. The molecule has 0 saturated heterocycles. The minimum Gasteiger partial charge on any atom is -0.508 e. The first-order valence-electron chi connectivity index (χ1n) is 5.21. The van der Waals surface area contributed by atoms with Gasteiger partial charge in [-0.2, -0.15) is 0 Å². The zero-order valence-corrected chi connectivity index (χ0v) is 9.53. The number of aromatic hydroxyl groups is 5. The molecule has 0 radical (unpaired) electrons. The molecule has 6 heteroatoms. The molecule has 0 bridgehead atoms. The first-order chi connectivity index (χ1) is 8.90. The normalized spacial score (nSPS) is 10.3. The molecule has 0 heterocycles. The van der Waals surface area contributed by atoms with Gasteiger partial charge in [-0.05, 0) is 18.2 Å². The van der Waals surface area contributed by atoms with Crippen LogP contribution in [0.3, 0.4) is 0 Å². The lowest BCUT2D eigenvalue weighted by atomic mass is 10.0. The van der Waals surface area contributed by atoms with Gasteiger partial charge in [0.15, 0.2) is 11.5 Å². The number of hydrogen-bond acceptors (Lipinski definition) is 6. The van der Waals surface area contributed by atoms with Crippen LogP contribution in [0.1, 0.15) is 15.9 Å². The number of rotatable bonds is 2. The fourth-order valence-electron chi connectivity index (χ4n) is 1.64. The number of benzene rings is 2. The molecule has 0 aliphatic carbocycles. The molecule has 0 fully saturated rings. The van der Waals surface area contributed by atoms with Gasteiger partial charge in [0.05, 0.1) is 0 Å². The largest absolute Gasteiger partial charge is 0.508 e. The van der Waals surface area contributed by atoms with Crippen LogP contribution in [-0.4, -0.2) is 31.3 Å². The Balaban J connectivity index is 2.53. The minimum atomic E-state index is -0.759. The lowest BCUT2D eigenvalue weighted by molar-refractivity contribution is 0.103. The molecule has 2 rings (SSSR count). The van der Waals surface area contributed by atoms with Crippen molar-refractivity contribution in [1.82, 2.24) is 0 Å². The van der Waals surface area contributed by atoms with Crippen LogP contribution < -0.4 is 0 Å². The van der Waals surface area contributed by atoms with E-state index in [0.29, 0.717) is 0 Å². The molecule has 0 aromatic heterocycles. The van der Waals surface area contributed by atoms with E-state index in [0.717, 1.165) is 24.3 Å². The van der Waals surface area contributed by atoms with Crippen molar-refractivity contribution in [2.75, 3.05) is 0 Å². The molecule has 0 aliphatic rings. The number of phenolic OH excluding ortho intramolecular Hbond substituents is 5. The quantitative estimate of drug-likeness (QED) is 0.413. The standard InChI is InChI=1S/C13H10O6/c14-7-4-10(17)12(11(18)5-7)13(19)6-1-2-8(15)9(16)3-6/h1-5,14-18H. The molecule has 0 aliphatic heterocycles. The maximum absolute atomic E-state index is 12.1. The van der Waals surface area contributed by atoms with E-state index in [1.807, 2.05) is 0 Å². The molecule has 0 spiro atoms. The van der Waals surface area contributed by atoms with Gasteiger partial charge < -0.3 is 25.5 Å². The summed E-state index contributed by atoms with van der Waals surface area (Å²) >= 11 is 0. The van der Waals surface area contributed by atoms with Crippen molar-refractivity contribution < 1.29 is 30.3 Å². The highest BCUT2D eigenvalue weighted by molar-refractivity contribution is 6.12. The van der Waals surface area contributed by atoms with Crippen molar-refractivity contribution in [3.05, 3.63) is 41.5 Å². The van der Waals surface area contributed by atoms with E-state index in [2.05, 4.69) is 0 Å². The third-order valence-corrected chi connectivity index (χ3v) is 2.55. The van der Waals surface area contributed by atoms with E-state index >= 15 is 0 Å². The summed E-state index contributed by atoms with van der Waals surface area (Å²) < 4.78 is 0. The second-order valence-electron chi connectivity index (χ2n) is 3.89. The maximum Gasteiger partial charge on any atom is 0.200 e. The van der Waals surface area contributed by atoms with Crippen molar-refractivity contribution in [2.24, 2.45) is 0 Å². The molecule has 98 valence electrons. The van der Waals surface area contributed by atoms with Crippen molar-refractivity contribution in [3.8, 4) is 28.7 Å². The molecule has 2 aromatic rings. The minimum absolute atomic E-state index is 0.0356. The number of carbonyl (C=O) groups is 1. The summed E-state index contributed by atoms with van der Waals surface area (Å²) in [5, 5.41) is 46.8. The summed E-state index contributed by atoms with van der Waals surface area (Å²) in [5.74, 6) is -3.21. The molecule has 19 heavy (non-hydrogen) atoms. The van der Waals surface area contributed by atoms with Gasteiger partial charge in [0.25, 0.3) is 0 Å². The summed E-state index contributed by atoms with van der Waals surface area (Å²) in [6.07, 6.45) is 0. The summed E-state index contributed by atoms with van der Waals surface area (Å²) in [6.45, 7) is 0. The van der Waals surface area contributed by atoms with Crippen LogP contribution in [0.2, 0.25) is 0 Å². The second-order valence-corrected chi connectivity index (χ2v) is 3.89. The van der Waals surface area contributed by atoms with E-state index in [1.165, 1.54) is 6.07 Å². The summed E-state index contributed by atoms with van der Waals surface area (Å²) in [7, 11) is 0. The zero-order valence-electron chi connectivity index (χ0n) is 9.53. The zero-order chi connectivity index (χ0) is 14.2. The van der Waals surface area contributed by atoms with E-state index in [9.17, 15) is 20.1 Å². The molecular formula is C13H10O6. The first kappa shape index (κ1) is 12.6. The SMILES string of the molecule is O=C(c1ccc(O)c(O)c1)c1c(O)cc(O)cc1O. The number of phenols is 5. The smallest absolute Gasteiger partial charge is 0.200 e. The Labute approximate surface area is 107 Å². The fraction of sp³-hybridized carbons (Fsp3) is 0. The topological polar surface area (TPSA) is 118 Å². The predicted octanol–water partition coefficient (Wildman–Crippen LogP) is 1.45. The highest BCUT2D eigenvalue weighted by Gasteiger charge is 2.20. The van der Waals surface area contributed by atoms with Gasteiger partial charge in [-0.25, -0.2) is 0 Å². The lowest BCUT2D eigenvalue weighted by Gasteiger charge is -2.08. The highest BCUT2D eigenvalue weighted by Crippen LogP contribution is 2.35. The third-order valence-electron chi connectivity index (χ3n) is 2.55. The Bertz CT molecular complexity index is 639. The summed E-state index contributed by atoms with van der Waals surface area (Å²) in [5.41, 5.74) is -0.436. The van der Waals surface area contributed by atoms with Crippen LogP contribution in [0.4, 0.5) is 0 Å². The van der Waals surface area contributed by atoms with E-state index in [1.54, 1.807) is 0 Å². The van der Waals surface area contributed by atoms with Crippen molar-refractivity contribution >= 4 is 5.78 Å². The van der Waals surface area contributed by atoms with Gasteiger partial charge in [0.2, 0.25) is 5.78 Å². The van der Waals surface area contributed by atoms with Crippen LogP contribution in [0.15, 0.2) is 30.3 Å². The Morgan fingerprint density at radius 2 is 1.32 bits per heavy atom. The van der Waals surface area contributed by atoms with Crippen LogP contribution >= 0.6 is 0 Å². The molecular weight excluding hydrogens is 252 g/mol. The lowest BCUT2D eigenvalue weighted by Crippen LogP contribution is -2.02. The average molecular weight is 262 g/mol. The Hall–Kier alpha value is -2.89. The van der Waals surface area contributed by atoms with Crippen LogP contribution in [0, 0.1) is 0 Å². The average Bonchev–Trinajstić information content (AvgIpc) is 2.31. The van der Waals surface area contributed by atoms with Crippen molar-refractivity contribution in [1.29, 1.82) is 0 Å². The summed E-state index contributed by atoms with van der Waals surface area (Å²) in [4.78, 5) is 12.1. The molecule has 6 nitrogen and oxygen atoms in total. The first-order valence-corrected chi connectivity index (χ1v) is 5.21. The number of ketones is 1. The van der Waals surface area contributed by atoms with Gasteiger partial charge in [0.1, 0.15) is 22.8 Å². The van der Waals surface area contributed by atoms with Crippen molar-refractivity contribution in [2.45, 2.75) is 0 Å². The van der Waals surface area contributed by atoms with Gasteiger partial charge in [-0.3, -0.25) is 4.79 Å². The number of carbonyl (C=O) groups excluding carboxylic acids is 1. The van der Waals surface area contributed by atoms with Crippen LogP contribution in [0.25, 0.3) is 0 Å². The second kappa shape index (κ2) is 4.41. The number of hydrogen-bond donors (Lipinski definition) is 5. The predicted molar refractivity (Wildman–Crippen MR) is 64.6 cm³/mol. The molecule has 0 atom stereocenters. The van der Waals surface area contributed by atoms with Gasteiger partial charge >= 0.3 is 0 Å². The highest BCUT2D eigenvalue weighted by atomic mass is 16.3. The van der Waals surface area contributed by atoms with Crippen molar-refractivity contribution in [3.63, 3.8) is 0 Å². The van der Waals surface area contributed by atoms with E-state index in [-0.39, 0.29) is 11.3 Å². The van der Waals surface area contributed by atoms with Gasteiger partial charge in [0, 0.05) is 17.7 Å². The third kappa shape index (κ3) is 2.23. The Kier molecular flexibility index (Phi) is 2.92. The molecule has 0 saturated carbocycles. The van der Waals surface area contributed by atoms with Gasteiger partial charge in [-0.15, -0.1) is 0 Å². The van der Waals surface area contributed by atoms with Gasteiger partial charge in [-0.1, -0.05) is 0 Å². The van der Waals surface area contributed by atoms with E-state index < -0.39 is 34.3 Å². The molecule has 2 aromatic carbocycles. The molecule has 0 unspecified atom stereocenters.